The predicted octanol–water partition coefficient (Wildman–Crippen LogP) is 3.29. The molecule has 1 saturated heterocycles. The molecule has 0 aromatic carbocycles. The molecule has 2 rings (SSSR count). The van der Waals surface area contributed by atoms with Gasteiger partial charge in [0.2, 0.25) is 5.91 Å². The van der Waals surface area contributed by atoms with Crippen molar-refractivity contribution in [1.82, 2.24) is 10.2 Å². The summed E-state index contributed by atoms with van der Waals surface area (Å²) >= 11 is 0. The Morgan fingerprint density at radius 3 is 2.53 bits per heavy atom. The standard InChI is InChI=1S/C16H30N2O/c1-4-9-14-16(19)18(12(3)17-14)15(5-2)13-10-7-6-8-11-13/h12-15,17H,4-11H2,1-3H3. The molecule has 0 radical (unpaired) electrons. The van der Waals surface area contributed by atoms with Crippen molar-refractivity contribution in [2.24, 2.45) is 5.92 Å². The molecule has 1 aliphatic heterocycles. The van der Waals surface area contributed by atoms with Crippen molar-refractivity contribution in [3.05, 3.63) is 0 Å². The van der Waals surface area contributed by atoms with E-state index in [1.54, 1.807) is 0 Å². The van der Waals surface area contributed by atoms with E-state index in [0.717, 1.165) is 25.2 Å². The normalized spacial score (nSPS) is 30.9. The third-order valence-electron chi connectivity index (χ3n) is 4.96. The number of nitrogens with zero attached hydrogens (tertiary/aromatic N) is 1. The fourth-order valence-electron chi connectivity index (χ4n) is 4.04. The van der Waals surface area contributed by atoms with Gasteiger partial charge in [0.25, 0.3) is 0 Å². The molecular weight excluding hydrogens is 236 g/mol. The quantitative estimate of drug-likeness (QED) is 0.828. The van der Waals surface area contributed by atoms with E-state index in [4.69, 9.17) is 0 Å². The highest BCUT2D eigenvalue weighted by molar-refractivity contribution is 5.84. The van der Waals surface area contributed by atoms with E-state index in [-0.39, 0.29) is 12.2 Å². The molecular formula is C16H30N2O. The molecule has 3 atom stereocenters. The van der Waals surface area contributed by atoms with Gasteiger partial charge in [-0.3, -0.25) is 10.1 Å². The molecule has 1 amide bonds. The summed E-state index contributed by atoms with van der Waals surface area (Å²) in [6, 6.07) is 0.523. The summed E-state index contributed by atoms with van der Waals surface area (Å²) < 4.78 is 0. The molecule has 19 heavy (non-hydrogen) atoms. The van der Waals surface area contributed by atoms with Gasteiger partial charge in [0.05, 0.1) is 12.2 Å². The molecule has 2 aliphatic rings. The molecule has 3 nitrogen and oxygen atoms in total. The summed E-state index contributed by atoms with van der Waals surface area (Å²) in [5.74, 6) is 1.08. The Bertz CT molecular complexity index is 299. The van der Waals surface area contributed by atoms with E-state index in [2.05, 4.69) is 31.0 Å². The summed E-state index contributed by atoms with van der Waals surface area (Å²) in [7, 11) is 0. The Morgan fingerprint density at radius 1 is 1.26 bits per heavy atom. The van der Waals surface area contributed by atoms with Crippen LogP contribution in [0.15, 0.2) is 0 Å². The van der Waals surface area contributed by atoms with Gasteiger partial charge in [-0.25, -0.2) is 0 Å². The number of rotatable bonds is 5. The highest BCUT2D eigenvalue weighted by Gasteiger charge is 2.41. The zero-order chi connectivity index (χ0) is 13.8. The first kappa shape index (κ1) is 14.8. The lowest BCUT2D eigenvalue weighted by Gasteiger charge is -2.38. The molecule has 1 aliphatic carbocycles. The molecule has 0 spiro atoms. The Hall–Kier alpha value is -0.570. The number of amides is 1. The topological polar surface area (TPSA) is 32.3 Å². The number of nitrogens with one attached hydrogen (secondary N) is 1. The summed E-state index contributed by atoms with van der Waals surface area (Å²) in [5, 5.41) is 3.48. The van der Waals surface area contributed by atoms with Crippen molar-refractivity contribution in [3.63, 3.8) is 0 Å². The number of carbonyl (C=O) groups is 1. The third-order valence-corrected chi connectivity index (χ3v) is 4.96. The monoisotopic (exact) mass is 266 g/mol. The third kappa shape index (κ3) is 3.13. The Balaban J connectivity index is 2.06. The maximum atomic E-state index is 12.6. The Morgan fingerprint density at radius 2 is 1.95 bits per heavy atom. The van der Waals surface area contributed by atoms with E-state index < -0.39 is 0 Å². The summed E-state index contributed by atoms with van der Waals surface area (Å²) in [4.78, 5) is 14.8. The summed E-state index contributed by atoms with van der Waals surface area (Å²) in [6.07, 6.45) is 10.1. The largest absolute Gasteiger partial charge is 0.323 e. The molecule has 110 valence electrons. The Kier molecular flexibility index (Phi) is 5.26. The average Bonchev–Trinajstić information content (AvgIpc) is 2.69. The van der Waals surface area contributed by atoms with Gasteiger partial charge in [0.1, 0.15) is 0 Å². The molecule has 0 aromatic heterocycles. The molecule has 3 heteroatoms. The molecule has 1 heterocycles. The first-order valence-electron chi connectivity index (χ1n) is 8.27. The number of hydrogen-bond donors (Lipinski definition) is 1. The minimum absolute atomic E-state index is 0.0673. The van der Waals surface area contributed by atoms with Crippen LogP contribution in [-0.2, 0) is 4.79 Å². The molecule has 1 saturated carbocycles. The molecule has 1 N–H and O–H groups in total. The Labute approximate surface area is 118 Å². The van der Waals surface area contributed by atoms with Gasteiger partial charge in [0, 0.05) is 6.04 Å². The van der Waals surface area contributed by atoms with Crippen LogP contribution < -0.4 is 5.32 Å². The van der Waals surface area contributed by atoms with Crippen molar-refractivity contribution in [2.75, 3.05) is 0 Å². The molecule has 0 aromatic rings. The van der Waals surface area contributed by atoms with Crippen LogP contribution in [0.2, 0.25) is 0 Å². The smallest absolute Gasteiger partial charge is 0.241 e. The van der Waals surface area contributed by atoms with Gasteiger partial charge in [0.15, 0.2) is 0 Å². The second kappa shape index (κ2) is 6.74. The van der Waals surface area contributed by atoms with Gasteiger partial charge in [-0.05, 0) is 38.5 Å². The zero-order valence-electron chi connectivity index (χ0n) is 12.8. The lowest BCUT2D eigenvalue weighted by Crippen LogP contribution is -2.47. The van der Waals surface area contributed by atoms with Crippen molar-refractivity contribution in [1.29, 1.82) is 0 Å². The minimum atomic E-state index is 0.0673. The molecule has 0 bridgehead atoms. The second-order valence-electron chi connectivity index (χ2n) is 6.30. The van der Waals surface area contributed by atoms with Gasteiger partial charge in [-0.1, -0.05) is 39.5 Å². The van der Waals surface area contributed by atoms with Crippen LogP contribution in [0.5, 0.6) is 0 Å². The summed E-state index contributed by atoms with van der Waals surface area (Å²) in [5.41, 5.74) is 0. The van der Waals surface area contributed by atoms with Crippen LogP contribution in [0.25, 0.3) is 0 Å². The maximum Gasteiger partial charge on any atom is 0.241 e. The average molecular weight is 266 g/mol. The fourth-order valence-corrected chi connectivity index (χ4v) is 4.04. The lowest BCUT2D eigenvalue weighted by atomic mass is 9.82. The minimum Gasteiger partial charge on any atom is -0.323 e. The number of carbonyl (C=O) groups excluding carboxylic acids is 1. The van der Waals surface area contributed by atoms with Crippen LogP contribution in [0.4, 0.5) is 0 Å². The van der Waals surface area contributed by atoms with Crippen LogP contribution >= 0.6 is 0 Å². The SMILES string of the molecule is CCCC1NC(C)N(C(CC)C2CCCCC2)C1=O. The van der Waals surface area contributed by atoms with Crippen LogP contribution in [-0.4, -0.2) is 29.1 Å². The summed E-state index contributed by atoms with van der Waals surface area (Å²) in [6.45, 7) is 6.55. The van der Waals surface area contributed by atoms with Crippen molar-refractivity contribution >= 4 is 5.91 Å². The fraction of sp³-hybridized carbons (Fsp3) is 0.938. The first-order chi connectivity index (χ1) is 9.19. The maximum absolute atomic E-state index is 12.6. The van der Waals surface area contributed by atoms with Gasteiger partial charge in [-0.2, -0.15) is 0 Å². The van der Waals surface area contributed by atoms with Crippen LogP contribution in [0, 0.1) is 5.92 Å². The van der Waals surface area contributed by atoms with Crippen molar-refractivity contribution < 1.29 is 4.79 Å². The van der Waals surface area contributed by atoms with Crippen molar-refractivity contribution in [2.45, 2.75) is 90.4 Å². The highest BCUT2D eigenvalue weighted by Crippen LogP contribution is 2.33. The van der Waals surface area contributed by atoms with E-state index in [9.17, 15) is 4.79 Å². The van der Waals surface area contributed by atoms with E-state index >= 15 is 0 Å². The van der Waals surface area contributed by atoms with Gasteiger partial charge < -0.3 is 4.90 Å². The van der Waals surface area contributed by atoms with Gasteiger partial charge in [-0.15, -0.1) is 0 Å². The van der Waals surface area contributed by atoms with E-state index in [1.165, 1.54) is 32.1 Å². The van der Waals surface area contributed by atoms with E-state index in [1.807, 2.05) is 0 Å². The van der Waals surface area contributed by atoms with E-state index in [0.29, 0.717) is 11.9 Å². The first-order valence-corrected chi connectivity index (χ1v) is 8.27. The zero-order valence-corrected chi connectivity index (χ0v) is 12.8. The van der Waals surface area contributed by atoms with Crippen LogP contribution in [0.1, 0.15) is 72.1 Å². The number of hydrogen-bond acceptors (Lipinski definition) is 2. The second-order valence-corrected chi connectivity index (χ2v) is 6.30. The lowest BCUT2D eigenvalue weighted by molar-refractivity contribution is -0.133. The molecule has 3 unspecified atom stereocenters. The highest BCUT2D eigenvalue weighted by atomic mass is 16.2. The van der Waals surface area contributed by atoms with Gasteiger partial charge >= 0.3 is 0 Å². The van der Waals surface area contributed by atoms with Crippen molar-refractivity contribution in [3.8, 4) is 0 Å². The van der Waals surface area contributed by atoms with Crippen LogP contribution in [0.3, 0.4) is 0 Å². The predicted molar refractivity (Wildman–Crippen MR) is 78.8 cm³/mol. The molecule has 2 fully saturated rings.